The molecule has 2 unspecified atom stereocenters. The van der Waals surface area contributed by atoms with Crippen molar-refractivity contribution >= 4 is 10.8 Å². The Kier molecular flexibility index (Phi) is 6.01. The molecule has 19 heavy (non-hydrogen) atoms. The van der Waals surface area contributed by atoms with E-state index in [0.29, 0.717) is 11.5 Å². The molecule has 3 nitrogen and oxygen atoms in total. The Balaban J connectivity index is 2.88. The topological polar surface area (TPSA) is 38.3 Å². The lowest BCUT2D eigenvalue weighted by atomic mass is 9.88. The number of rotatable bonds is 6. The zero-order chi connectivity index (χ0) is 14.5. The fraction of sp³-hybridized carbons (Fsp3) is 0.600. The van der Waals surface area contributed by atoms with E-state index in [4.69, 9.17) is 4.74 Å². The van der Waals surface area contributed by atoms with Gasteiger partial charge in [-0.3, -0.25) is 4.21 Å². The maximum Gasteiger partial charge on any atom is 0.134 e. The molecule has 1 aromatic rings. The Morgan fingerprint density at radius 3 is 2.47 bits per heavy atom. The molecule has 1 rings (SSSR count). The highest BCUT2D eigenvalue weighted by Gasteiger charge is 2.26. The first-order valence-electron chi connectivity index (χ1n) is 6.65. The number of methoxy groups -OCH3 is 1. The van der Waals surface area contributed by atoms with Crippen LogP contribution in [0.25, 0.3) is 0 Å². The van der Waals surface area contributed by atoms with E-state index in [-0.39, 0.29) is 11.5 Å². The molecule has 0 amide bonds. The summed E-state index contributed by atoms with van der Waals surface area (Å²) in [6.45, 7) is 9.45. The first kappa shape index (κ1) is 16.2. The lowest BCUT2D eigenvalue weighted by Gasteiger charge is -2.31. The van der Waals surface area contributed by atoms with Gasteiger partial charge in [0.1, 0.15) is 5.75 Å². The van der Waals surface area contributed by atoms with Gasteiger partial charge in [0.2, 0.25) is 0 Å². The number of hydrogen-bond acceptors (Lipinski definition) is 3. The van der Waals surface area contributed by atoms with E-state index in [1.54, 1.807) is 7.11 Å². The molecule has 0 aliphatic rings. The van der Waals surface area contributed by atoms with Crippen molar-refractivity contribution in [3.05, 3.63) is 24.3 Å². The summed E-state index contributed by atoms with van der Waals surface area (Å²) in [5, 5.41) is 3.43. The molecule has 0 aromatic heterocycles. The van der Waals surface area contributed by atoms with Crippen LogP contribution >= 0.6 is 0 Å². The van der Waals surface area contributed by atoms with Gasteiger partial charge in [-0.05, 0) is 24.1 Å². The molecule has 1 aromatic carbocycles. The number of para-hydroxylation sites is 1. The molecular weight excluding hydrogens is 258 g/mol. The first-order chi connectivity index (χ1) is 8.90. The van der Waals surface area contributed by atoms with Crippen molar-refractivity contribution in [2.45, 2.75) is 38.6 Å². The van der Waals surface area contributed by atoms with Gasteiger partial charge in [0.15, 0.2) is 0 Å². The van der Waals surface area contributed by atoms with Gasteiger partial charge in [-0.15, -0.1) is 0 Å². The van der Waals surface area contributed by atoms with Gasteiger partial charge in [0.05, 0.1) is 22.8 Å². The van der Waals surface area contributed by atoms with Crippen LogP contribution in [-0.2, 0) is 10.8 Å². The summed E-state index contributed by atoms with van der Waals surface area (Å²) in [6, 6.07) is 7.73. The van der Waals surface area contributed by atoms with Gasteiger partial charge >= 0.3 is 0 Å². The van der Waals surface area contributed by atoms with Crippen LogP contribution in [0.15, 0.2) is 29.2 Å². The lowest BCUT2D eigenvalue weighted by Crippen LogP contribution is -2.44. The minimum atomic E-state index is -1.06. The molecular formula is C15H25NO2S. The zero-order valence-corrected chi connectivity index (χ0v) is 13.3. The largest absolute Gasteiger partial charge is 0.495 e. The number of ether oxygens (including phenoxy) is 1. The minimum Gasteiger partial charge on any atom is -0.495 e. The van der Waals surface area contributed by atoms with Crippen molar-refractivity contribution in [2.24, 2.45) is 5.41 Å². The fourth-order valence-corrected chi connectivity index (χ4v) is 3.62. The van der Waals surface area contributed by atoms with E-state index in [9.17, 15) is 4.21 Å². The molecule has 0 radical (unpaired) electrons. The molecule has 4 heteroatoms. The molecule has 2 atom stereocenters. The van der Waals surface area contributed by atoms with Crippen LogP contribution in [-0.4, -0.2) is 29.7 Å². The van der Waals surface area contributed by atoms with Gasteiger partial charge in [-0.1, -0.05) is 39.8 Å². The van der Waals surface area contributed by atoms with Gasteiger partial charge in [-0.25, -0.2) is 0 Å². The van der Waals surface area contributed by atoms with Crippen LogP contribution in [0.1, 0.15) is 27.7 Å². The second-order valence-electron chi connectivity index (χ2n) is 5.64. The van der Waals surface area contributed by atoms with Crippen molar-refractivity contribution in [2.75, 3.05) is 19.4 Å². The smallest absolute Gasteiger partial charge is 0.134 e. The number of hydrogen-bond donors (Lipinski definition) is 1. The fourth-order valence-electron chi connectivity index (χ4n) is 1.91. The predicted octanol–water partition coefficient (Wildman–Crippen LogP) is 2.83. The van der Waals surface area contributed by atoms with E-state index in [1.807, 2.05) is 24.3 Å². The predicted molar refractivity (Wildman–Crippen MR) is 81.2 cm³/mol. The van der Waals surface area contributed by atoms with E-state index < -0.39 is 10.8 Å². The molecule has 0 saturated heterocycles. The van der Waals surface area contributed by atoms with Crippen LogP contribution in [0.4, 0.5) is 0 Å². The Labute approximate surface area is 119 Å². The van der Waals surface area contributed by atoms with Crippen molar-refractivity contribution in [1.82, 2.24) is 5.32 Å². The molecule has 0 bridgehead atoms. The summed E-state index contributed by atoms with van der Waals surface area (Å²) in [7, 11) is 0.552. The van der Waals surface area contributed by atoms with Gasteiger partial charge in [-0.2, -0.15) is 0 Å². The summed E-state index contributed by atoms with van der Waals surface area (Å²) in [5.41, 5.74) is 0.0771. The number of nitrogens with one attached hydrogen (secondary N) is 1. The van der Waals surface area contributed by atoms with Crippen LogP contribution in [0.2, 0.25) is 0 Å². The maximum atomic E-state index is 12.5. The monoisotopic (exact) mass is 283 g/mol. The van der Waals surface area contributed by atoms with Gasteiger partial charge in [0.25, 0.3) is 0 Å². The molecule has 0 heterocycles. The van der Waals surface area contributed by atoms with Crippen molar-refractivity contribution in [3.8, 4) is 5.75 Å². The third kappa shape index (κ3) is 4.62. The van der Waals surface area contributed by atoms with Crippen LogP contribution in [0.3, 0.4) is 0 Å². The van der Waals surface area contributed by atoms with Crippen LogP contribution in [0, 0.1) is 5.41 Å². The number of benzene rings is 1. The molecule has 1 N–H and O–H groups in total. The third-order valence-corrected chi connectivity index (χ3v) is 4.59. The minimum absolute atomic E-state index is 0.0771. The average molecular weight is 283 g/mol. The lowest BCUT2D eigenvalue weighted by molar-refractivity contribution is 0.294. The standard InChI is InChI=1S/C15H25NO2S/c1-6-16-14(15(2,3)4)11-19(17)13-10-8-7-9-12(13)18-5/h7-10,14,16H,6,11H2,1-5H3. The summed E-state index contributed by atoms with van der Waals surface area (Å²) >= 11 is 0. The second kappa shape index (κ2) is 7.06. The Hall–Kier alpha value is -0.870. The van der Waals surface area contributed by atoms with Gasteiger partial charge in [0, 0.05) is 11.8 Å². The van der Waals surface area contributed by atoms with Crippen molar-refractivity contribution in [1.29, 1.82) is 0 Å². The maximum absolute atomic E-state index is 12.5. The van der Waals surface area contributed by atoms with E-state index in [1.165, 1.54) is 0 Å². The van der Waals surface area contributed by atoms with E-state index in [2.05, 4.69) is 33.0 Å². The zero-order valence-electron chi connectivity index (χ0n) is 12.5. The molecule has 0 saturated carbocycles. The Morgan fingerprint density at radius 2 is 1.95 bits per heavy atom. The van der Waals surface area contributed by atoms with Crippen LogP contribution < -0.4 is 10.1 Å². The quantitative estimate of drug-likeness (QED) is 0.872. The molecule has 0 spiro atoms. The highest BCUT2D eigenvalue weighted by molar-refractivity contribution is 7.85. The first-order valence-corrected chi connectivity index (χ1v) is 7.96. The van der Waals surface area contributed by atoms with E-state index >= 15 is 0 Å². The molecule has 0 aliphatic heterocycles. The average Bonchev–Trinajstić information content (AvgIpc) is 2.37. The molecule has 108 valence electrons. The summed E-state index contributed by atoms with van der Waals surface area (Å²) in [6.07, 6.45) is 0. The second-order valence-corrected chi connectivity index (χ2v) is 7.10. The van der Waals surface area contributed by atoms with Crippen molar-refractivity contribution < 1.29 is 8.95 Å². The SMILES string of the molecule is CCNC(CS(=O)c1ccccc1OC)C(C)(C)C. The normalized spacial score (nSPS) is 15.0. The Morgan fingerprint density at radius 1 is 1.32 bits per heavy atom. The van der Waals surface area contributed by atoms with E-state index in [0.717, 1.165) is 11.4 Å². The Bertz CT molecular complexity index is 426. The van der Waals surface area contributed by atoms with Crippen LogP contribution in [0.5, 0.6) is 5.75 Å². The summed E-state index contributed by atoms with van der Waals surface area (Å²) in [4.78, 5) is 0.775. The molecule has 0 fully saturated rings. The molecule has 0 aliphatic carbocycles. The highest BCUT2D eigenvalue weighted by Crippen LogP contribution is 2.25. The third-order valence-electron chi connectivity index (χ3n) is 3.13. The summed E-state index contributed by atoms with van der Waals surface area (Å²) < 4.78 is 17.8. The van der Waals surface area contributed by atoms with Gasteiger partial charge < -0.3 is 10.1 Å². The summed E-state index contributed by atoms with van der Waals surface area (Å²) in [5.74, 6) is 1.29. The van der Waals surface area contributed by atoms with Crippen molar-refractivity contribution in [3.63, 3.8) is 0 Å². The highest BCUT2D eigenvalue weighted by atomic mass is 32.2.